The summed E-state index contributed by atoms with van der Waals surface area (Å²) in [4.78, 5) is 4.71. The zero-order valence-corrected chi connectivity index (χ0v) is 13.3. The molecule has 1 heterocycles. The van der Waals surface area contributed by atoms with Gasteiger partial charge < -0.3 is 5.73 Å². The van der Waals surface area contributed by atoms with Crippen LogP contribution in [0.15, 0.2) is 36.4 Å². The SMILES string of the molecule is CC(C)c1nc2cc(N)ccc2n1-c1cc(Cl)cc(Cl)c1. The van der Waals surface area contributed by atoms with Crippen molar-refractivity contribution in [2.24, 2.45) is 0 Å². The van der Waals surface area contributed by atoms with E-state index in [9.17, 15) is 0 Å². The summed E-state index contributed by atoms with van der Waals surface area (Å²) >= 11 is 12.3. The molecule has 0 fully saturated rings. The molecule has 2 aromatic carbocycles. The van der Waals surface area contributed by atoms with Crippen LogP contribution < -0.4 is 5.73 Å². The maximum Gasteiger partial charge on any atom is 0.117 e. The summed E-state index contributed by atoms with van der Waals surface area (Å²) in [6, 6.07) is 11.2. The normalized spacial score (nSPS) is 11.5. The number of aromatic nitrogens is 2. The smallest absolute Gasteiger partial charge is 0.117 e. The Labute approximate surface area is 133 Å². The van der Waals surface area contributed by atoms with Crippen LogP contribution in [-0.4, -0.2) is 9.55 Å². The first kappa shape index (κ1) is 14.2. The molecule has 0 aliphatic carbocycles. The van der Waals surface area contributed by atoms with Crippen molar-refractivity contribution < 1.29 is 0 Å². The summed E-state index contributed by atoms with van der Waals surface area (Å²) in [5.74, 6) is 1.21. The molecule has 3 nitrogen and oxygen atoms in total. The molecule has 0 atom stereocenters. The van der Waals surface area contributed by atoms with Gasteiger partial charge in [0.15, 0.2) is 0 Å². The number of fused-ring (bicyclic) bond motifs is 1. The highest BCUT2D eigenvalue weighted by Crippen LogP contribution is 2.30. The maximum atomic E-state index is 6.14. The van der Waals surface area contributed by atoms with Crippen LogP contribution in [0.1, 0.15) is 25.6 Å². The van der Waals surface area contributed by atoms with E-state index in [2.05, 4.69) is 18.4 Å². The van der Waals surface area contributed by atoms with Gasteiger partial charge in [-0.3, -0.25) is 4.57 Å². The van der Waals surface area contributed by atoms with Crippen molar-refractivity contribution in [1.29, 1.82) is 0 Å². The molecule has 1 aromatic heterocycles. The Morgan fingerprint density at radius 1 is 1.05 bits per heavy atom. The second-order valence-corrected chi connectivity index (χ2v) is 6.21. The van der Waals surface area contributed by atoms with Crippen LogP contribution in [0.4, 0.5) is 5.69 Å². The minimum Gasteiger partial charge on any atom is -0.399 e. The van der Waals surface area contributed by atoms with E-state index in [-0.39, 0.29) is 5.92 Å². The molecule has 0 amide bonds. The average Bonchev–Trinajstić information content (AvgIpc) is 2.76. The summed E-state index contributed by atoms with van der Waals surface area (Å²) in [7, 11) is 0. The molecule has 0 saturated heterocycles. The highest BCUT2D eigenvalue weighted by Gasteiger charge is 2.16. The number of anilines is 1. The molecular formula is C16H15Cl2N3. The van der Waals surface area contributed by atoms with Crippen molar-refractivity contribution >= 4 is 39.9 Å². The molecule has 5 heteroatoms. The fourth-order valence-corrected chi connectivity index (χ4v) is 2.96. The number of hydrogen-bond donors (Lipinski definition) is 1. The lowest BCUT2D eigenvalue weighted by Crippen LogP contribution is -2.03. The van der Waals surface area contributed by atoms with Gasteiger partial charge in [0.2, 0.25) is 0 Å². The molecule has 108 valence electrons. The van der Waals surface area contributed by atoms with Gasteiger partial charge in [0.25, 0.3) is 0 Å². The number of hydrogen-bond acceptors (Lipinski definition) is 2. The Hall–Kier alpha value is -1.71. The minimum absolute atomic E-state index is 0.261. The van der Waals surface area contributed by atoms with Crippen molar-refractivity contribution in [3.8, 4) is 5.69 Å². The lowest BCUT2D eigenvalue weighted by molar-refractivity contribution is 0.760. The molecule has 0 unspecified atom stereocenters. The number of nitrogen functional groups attached to an aromatic ring is 1. The van der Waals surface area contributed by atoms with Crippen molar-refractivity contribution in [3.05, 3.63) is 52.3 Å². The monoisotopic (exact) mass is 319 g/mol. The molecule has 0 aliphatic heterocycles. The fourth-order valence-electron chi connectivity index (χ4n) is 2.44. The van der Waals surface area contributed by atoms with E-state index in [0.717, 1.165) is 22.5 Å². The van der Waals surface area contributed by atoms with Gasteiger partial charge in [-0.1, -0.05) is 37.0 Å². The minimum atomic E-state index is 0.261. The largest absolute Gasteiger partial charge is 0.399 e. The number of benzene rings is 2. The van der Waals surface area contributed by atoms with Gasteiger partial charge in [-0.05, 0) is 36.4 Å². The summed E-state index contributed by atoms with van der Waals surface area (Å²) in [5, 5.41) is 1.20. The average molecular weight is 320 g/mol. The van der Waals surface area contributed by atoms with E-state index in [1.807, 2.05) is 30.3 Å². The van der Waals surface area contributed by atoms with E-state index in [4.69, 9.17) is 33.9 Å². The zero-order valence-electron chi connectivity index (χ0n) is 11.8. The van der Waals surface area contributed by atoms with Crippen LogP contribution in [0.25, 0.3) is 16.7 Å². The first-order valence-electron chi connectivity index (χ1n) is 6.70. The molecule has 21 heavy (non-hydrogen) atoms. The molecule has 0 radical (unpaired) electrons. The molecule has 3 aromatic rings. The lowest BCUT2D eigenvalue weighted by Gasteiger charge is -2.12. The fraction of sp³-hybridized carbons (Fsp3) is 0.188. The topological polar surface area (TPSA) is 43.8 Å². The van der Waals surface area contributed by atoms with Crippen LogP contribution in [-0.2, 0) is 0 Å². The van der Waals surface area contributed by atoms with Crippen LogP contribution in [0.5, 0.6) is 0 Å². The molecule has 0 spiro atoms. The standard InChI is InChI=1S/C16H15Cl2N3/c1-9(2)16-20-14-8-12(19)3-4-15(14)21(16)13-6-10(17)5-11(18)7-13/h3-9H,19H2,1-2H3. The van der Waals surface area contributed by atoms with Gasteiger partial charge in [-0.15, -0.1) is 0 Å². The number of halogens is 2. The van der Waals surface area contributed by atoms with E-state index in [1.54, 1.807) is 6.07 Å². The van der Waals surface area contributed by atoms with Crippen LogP contribution in [0, 0.1) is 0 Å². The van der Waals surface area contributed by atoms with Crippen molar-refractivity contribution in [1.82, 2.24) is 9.55 Å². The van der Waals surface area contributed by atoms with E-state index in [0.29, 0.717) is 15.7 Å². The quantitative estimate of drug-likeness (QED) is 0.672. The second kappa shape index (κ2) is 5.24. The number of nitrogens with zero attached hydrogens (tertiary/aromatic N) is 2. The van der Waals surface area contributed by atoms with Gasteiger partial charge in [-0.2, -0.15) is 0 Å². The third-order valence-corrected chi connectivity index (χ3v) is 3.76. The van der Waals surface area contributed by atoms with Crippen LogP contribution in [0.3, 0.4) is 0 Å². The summed E-state index contributed by atoms with van der Waals surface area (Å²) in [6.07, 6.45) is 0. The Balaban J connectivity index is 2.36. The first-order valence-corrected chi connectivity index (χ1v) is 7.45. The van der Waals surface area contributed by atoms with Gasteiger partial charge >= 0.3 is 0 Å². The van der Waals surface area contributed by atoms with E-state index >= 15 is 0 Å². The highest BCUT2D eigenvalue weighted by molar-refractivity contribution is 6.34. The van der Waals surface area contributed by atoms with Crippen molar-refractivity contribution in [2.75, 3.05) is 5.73 Å². The number of imidazole rings is 1. The highest BCUT2D eigenvalue weighted by atomic mass is 35.5. The number of nitrogens with two attached hydrogens (primary N) is 1. The van der Waals surface area contributed by atoms with E-state index < -0.39 is 0 Å². The van der Waals surface area contributed by atoms with Gasteiger partial charge in [0.1, 0.15) is 5.82 Å². The predicted octanol–water partition coefficient (Wildman–Crippen LogP) is 5.04. The number of rotatable bonds is 2. The zero-order chi connectivity index (χ0) is 15.1. The summed E-state index contributed by atoms with van der Waals surface area (Å²) < 4.78 is 2.08. The molecule has 0 bridgehead atoms. The molecule has 2 N–H and O–H groups in total. The lowest BCUT2D eigenvalue weighted by atomic mass is 10.2. The van der Waals surface area contributed by atoms with Crippen molar-refractivity contribution in [2.45, 2.75) is 19.8 Å². The van der Waals surface area contributed by atoms with Crippen LogP contribution in [0.2, 0.25) is 10.0 Å². The van der Waals surface area contributed by atoms with E-state index in [1.165, 1.54) is 0 Å². The maximum absolute atomic E-state index is 6.14. The predicted molar refractivity (Wildman–Crippen MR) is 89.6 cm³/mol. The molecule has 3 rings (SSSR count). The van der Waals surface area contributed by atoms with Gasteiger partial charge in [0, 0.05) is 21.7 Å². The summed E-state index contributed by atoms with van der Waals surface area (Å²) in [5.41, 5.74) is 9.32. The third-order valence-electron chi connectivity index (χ3n) is 3.33. The molecule has 0 aliphatic rings. The Morgan fingerprint density at radius 2 is 1.71 bits per heavy atom. The van der Waals surface area contributed by atoms with Gasteiger partial charge in [0.05, 0.1) is 16.7 Å². The van der Waals surface area contributed by atoms with Crippen LogP contribution >= 0.6 is 23.2 Å². The van der Waals surface area contributed by atoms with Crippen molar-refractivity contribution in [3.63, 3.8) is 0 Å². The molecular weight excluding hydrogens is 305 g/mol. The summed E-state index contributed by atoms with van der Waals surface area (Å²) in [6.45, 7) is 4.21. The van der Waals surface area contributed by atoms with Gasteiger partial charge in [-0.25, -0.2) is 4.98 Å². The third kappa shape index (κ3) is 2.59. The second-order valence-electron chi connectivity index (χ2n) is 5.34. The Morgan fingerprint density at radius 3 is 2.33 bits per heavy atom. The molecule has 0 saturated carbocycles. The first-order chi connectivity index (χ1) is 9.95. The Kier molecular flexibility index (Phi) is 3.56. The Bertz CT molecular complexity index is 801.